The van der Waals surface area contributed by atoms with E-state index >= 15 is 0 Å². The molecule has 7 aromatic carbocycles. The highest BCUT2D eigenvalue weighted by Gasteiger charge is 2.22. The Labute approximate surface area is 301 Å². The van der Waals surface area contributed by atoms with Crippen LogP contribution in [0.25, 0.3) is 103 Å². The Bertz CT molecular complexity index is 3400. The fourth-order valence-electron chi connectivity index (χ4n) is 8.75. The van der Waals surface area contributed by atoms with Crippen molar-refractivity contribution in [2.75, 3.05) is 0 Å². The Kier molecular flexibility index (Phi) is 5.62. The number of rotatable bonds is 3. The first kappa shape index (κ1) is 28.1. The van der Waals surface area contributed by atoms with Crippen LogP contribution >= 0.6 is 11.3 Å². The van der Waals surface area contributed by atoms with Crippen molar-refractivity contribution >= 4 is 97.1 Å². The van der Waals surface area contributed by atoms with E-state index in [1.54, 1.807) is 0 Å². The summed E-state index contributed by atoms with van der Waals surface area (Å²) in [5, 5.41) is 8.93. The van der Waals surface area contributed by atoms with Gasteiger partial charge in [0.1, 0.15) is 0 Å². The van der Waals surface area contributed by atoms with Crippen molar-refractivity contribution in [2.45, 2.75) is 0 Å². The van der Waals surface area contributed by atoms with Crippen molar-refractivity contribution in [3.05, 3.63) is 170 Å². The second-order valence-corrected chi connectivity index (χ2v) is 14.6. The fourth-order valence-corrected chi connectivity index (χ4v) is 10.2. The first-order chi connectivity index (χ1) is 25.8. The van der Waals surface area contributed by atoms with Crippen molar-refractivity contribution in [1.29, 1.82) is 0 Å². The van der Waals surface area contributed by atoms with Crippen LogP contribution in [-0.4, -0.2) is 18.7 Å². The molecule has 0 unspecified atom stereocenters. The van der Waals surface area contributed by atoms with Gasteiger partial charge in [0.2, 0.25) is 0 Å². The summed E-state index contributed by atoms with van der Waals surface area (Å²) in [4.78, 5) is 4.91. The van der Waals surface area contributed by atoms with Crippen LogP contribution in [0.3, 0.4) is 0 Å². The zero-order valence-electron chi connectivity index (χ0n) is 27.9. The zero-order valence-corrected chi connectivity index (χ0v) is 28.7. The zero-order chi connectivity index (χ0) is 33.9. The van der Waals surface area contributed by atoms with E-state index in [9.17, 15) is 0 Å². The summed E-state index contributed by atoms with van der Waals surface area (Å²) in [6.07, 6.45) is 1.90. The highest BCUT2D eigenvalue weighted by atomic mass is 32.1. The standard InChI is InChI=1S/C47H28N4S/c1-3-12-29(13-4-1)49-37-18-9-7-16-34(37)43-40(49)25-22-32-33-23-26-41-44(47(33)52-46(32)43)35-17-8-10-19-38(35)51(41)31-21-24-39-36(28-31)45-42(20-11-27-48-45)50(39)30-14-5-2-6-15-30/h1-28H. The van der Waals surface area contributed by atoms with Gasteiger partial charge in [-0.1, -0.05) is 84.9 Å². The number of nitrogens with zero attached hydrogens (tertiary/aromatic N) is 4. The van der Waals surface area contributed by atoms with Gasteiger partial charge in [0.05, 0.1) is 38.6 Å². The summed E-state index contributed by atoms with van der Waals surface area (Å²) >= 11 is 1.93. The molecule has 0 radical (unpaired) electrons. The van der Waals surface area contributed by atoms with Crippen molar-refractivity contribution in [3.63, 3.8) is 0 Å². The first-order valence-electron chi connectivity index (χ1n) is 17.6. The van der Waals surface area contributed by atoms with Gasteiger partial charge in [-0.05, 0) is 78.9 Å². The fraction of sp³-hybridized carbons (Fsp3) is 0. The average Bonchev–Trinajstić information content (AvgIpc) is 3.94. The third-order valence-electron chi connectivity index (χ3n) is 10.9. The molecule has 0 saturated heterocycles. The lowest BCUT2D eigenvalue weighted by Gasteiger charge is -2.10. The van der Waals surface area contributed by atoms with E-state index in [1.807, 2.05) is 23.6 Å². The van der Waals surface area contributed by atoms with Gasteiger partial charge in [-0.15, -0.1) is 11.3 Å². The molecule has 12 aromatic rings. The molecule has 5 aromatic heterocycles. The molecule has 242 valence electrons. The monoisotopic (exact) mass is 680 g/mol. The number of hydrogen-bond donors (Lipinski definition) is 0. The SMILES string of the molecule is c1ccc(-n2c3ccc(-n4c5ccccc5c5c6sc7c(ccc8c7c7ccccc7n8-c7ccccc7)c6ccc54)cc3c3ncccc32)cc1. The predicted molar refractivity (Wildman–Crippen MR) is 220 cm³/mol. The Morgan fingerprint density at radius 2 is 0.827 bits per heavy atom. The van der Waals surface area contributed by atoms with Crippen LogP contribution < -0.4 is 0 Å². The molecule has 0 aliphatic heterocycles. The van der Waals surface area contributed by atoms with Crippen molar-refractivity contribution in [1.82, 2.24) is 18.7 Å². The second kappa shape index (κ2) is 10.4. The maximum absolute atomic E-state index is 4.91. The van der Waals surface area contributed by atoms with Crippen LogP contribution in [0.4, 0.5) is 0 Å². The molecule has 0 aliphatic carbocycles. The largest absolute Gasteiger partial charge is 0.309 e. The van der Waals surface area contributed by atoms with Crippen LogP contribution in [0.15, 0.2) is 170 Å². The molecule has 5 heterocycles. The van der Waals surface area contributed by atoms with E-state index < -0.39 is 0 Å². The Morgan fingerprint density at radius 1 is 0.346 bits per heavy atom. The summed E-state index contributed by atoms with van der Waals surface area (Å²) in [5.74, 6) is 0. The Hall–Kier alpha value is -6.69. The molecule has 4 nitrogen and oxygen atoms in total. The third-order valence-corrected chi connectivity index (χ3v) is 12.1. The minimum absolute atomic E-state index is 1.01. The molecule has 5 heteroatoms. The predicted octanol–water partition coefficient (Wildman–Crippen LogP) is 12.7. The molecular weight excluding hydrogens is 653 g/mol. The minimum Gasteiger partial charge on any atom is -0.309 e. The molecule has 12 rings (SSSR count). The lowest BCUT2D eigenvalue weighted by atomic mass is 10.1. The van der Waals surface area contributed by atoms with Gasteiger partial charge in [0.15, 0.2) is 0 Å². The smallest absolute Gasteiger partial charge is 0.0964 e. The number of para-hydroxylation sites is 4. The number of fused-ring (bicyclic) bond motifs is 14. The van der Waals surface area contributed by atoms with Crippen molar-refractivity contribution < 1.29 is 0 Å². The van der Waals surface area contributed by atoms with Gasteiger partial charge in [-0.3, -0.25) is 4.98 Å². The summed E-state index contributed by atoms with van der Waals surface area (Å²) in [7, 11) is 0. The summed E-state index contributed by atoms with van der Waals surface area (Å²) in [6.45, 7) is 0. The summed E-state index contributed by atoms with van der Waals surface area (Å²) < 4.78 is 9.84. The summed E-state index contributed by atoms with van der Waals surface area (Å²) in [6, 6.07) is 59.4. The molecule has 0 spiro atoms. The van der Waals surface area contributed by atoms with Gasteiger partial charge >= 0.3 is 0 Å². The molecule has 52 heavy (non-hydrogen) atoms. The van der Waals surface area contributed by atoms with Crippen molar-refractivity contribution in [2.24, 2.45) is 0 Å². The van der Waals surface area contributed by atoms with Crippen molar-refractivity contribution in [3.8, 4) is 17.1 Å². The van der Waals surface area contributed by atoms with Gasteiger partial charge in [0.25, 0.3) is 0 Å². The maximum Gasteiger partial charge on any atom is 0.0964 e. The minimum atomic E-state index is 1.01. The van der Waals surface area contributed by atoms with E-state index in [0.717, 1.165) is 33.3 Å². The molecule has 0 saturated carbocycles. The first-order valence-corrected chi connectivity index (χ1v) is 18.5. The Balaban J connectivity index is 1.16. The number of aromatic nitrogens is 4. The van der Waals surface area contributed by atoms with Gasteiger partial charge < -0.3 is 13.7 Å². The summed E-state index contributed by atoms with van der Waals surface area (Å²) in [5.41, 5.74) is 11.6. The van der Waals surface area contributed by atoms with E-state index in [4.69, 9.17) is 4.98 Å². The normalized spacial score (nSPS) is 12.2. The van der Waals surface area contributed by atoms with Crippen LogP contribution in [0.1, 0.15) is 0 Å². The molecular formula is C47H28N4S. The number of benzene rings is 7. The topological polar surface area (TPSA) is 27.7 Å². The van der Waals surface area contributed by atoms with E-state index in [1.165, 1.54) is 69.5 Å². The lowest BCUT2D eigenvalue weighted by molar-refractivity contribution is 1.16. The molecule has 0 fully saturated rings. The number of hydrogen-bond acceptors (Lipinski definition) is 2. The van der Waals surface area contributed by atoms with Gasteiger partial charge in [0, 0.05) is 70.4 Å². The Morgan fingerprint density at radius 3 is 1.44 bits per heavy atom. The van der Waals surface area contributed by atoms with Crippen LogP contribution in [0, 0.1) is 0 Å². The number of pyridine rings is 1. The quantitative estimate of drug-likeness (QED) is 0.182. The highest BCUT2D eigenvalue weighted by molar-refractivity contribution is 7.27. The van der Waals surface area contributed by atoms with Gasteiger partial charge in [-0.2, -0.15) is 0 Å². The maximum atomic E-state index is 4.91. The molecule has 0 aliphatic rings. The molecule has 0 atom stereocenters. The van der Waals surface area contributed by atoms with Crippen LogP contribution in [0.2, 0.25) is 0 Å². The van der Waals surface area contributed by atoms with Gasteiger partial charge in [-0.25, -0.2) is 0 Å². The van der Waals surface area contributed by atoms with Crippen LogP contribution in [0.5, 0.6) is 0 Å². The highest BCUT2D eigenvalue weighted by Crippen LogP contribution is 2.47. The molecule has 0 N–H and O–H groups in total. The number of thiophene rings is 1. The van der Waals surface area contributed by atoms with E-state index in [-0.39, 0.29) is 0 Å². The molecule has 0 amide bonds. The van der Waals surface area contributed by atoms with E-state index in [2.05, 4.69) is 171 Å². The average molecular weight is 681 g/mol. The molecule has 0 bridgehead atoms. The third kappa shape index (κ3) is 3.67. The lowest BCUT2D eigenvalue weighted by Crippen LogP contribution is -1.95. The van der Waals surface area contributed by atoms with Crippen LogP contribution in [-0.2, 0) is 0 Å². The second-order valence-electron chi connectivity index (χ2n) is 13.6. The van der Waals surface area contributed by atoms with E-state index in [0.29, 0.717) is 0 Å².